The molecule has 212 valence electrons. The molecule has 0 aliphatic heterocycles. The lowest BCUT2D eigenvalue weighted by molar-refractivity contribution is -0.158. The molecule has 10 heteroatoms. The Kier molecular flexibility index (Phi) is 11.0. The smallest absolute Gasteiger partial charge is 0.309 e. The molecule has 1 saturated carbocycles. The second-order valence-electron chi connectivity index (χ2n) is 9.82. The Bertz CT molecular complexity index is 1160. The van der Waals surface area contributed by atoms with Gasteiger partial charge in [0.25, 0.3) is 0 Å². The van der Waals surface area contributed by atoms with Crippen molar-refractivity contribution in [2.24, 2.45) is 11.8 Å². The van der Waals surface area contributed by atoms with Gasteiger partial charge >= 0.3 is 11.9 Å². The van der Waals surface area contributed by atoms with Crippen molar-refractivity contribution >= 4 is 29.3 Å². The minimum Gasteiger partial charge on any atom is -0.493 e. The monoisotopic (exact) mass is 561 g/mol. The Morgan fingerprint density at radius 1 is 1.10 bits per heavy atom. The maximum absolute atomic E-state index is 13.1. The average Bonchev–Trinajstić information content (AvgIpc) is 3.42. The maximum Gasteiger partial charge on any atom is 0.309 e. The molecule has 0 radical (unpaired) electrons. The van der Waals surface area contributed by atoms with Crippen molar-refractivity contribution in [3.8, 4) is 17.2 Å². The zero-order valence-electron chi connectivity index (χ0n) is 23.0. The second-order valence-corrected chi connectivity index (χ2v) is 10.2. The first kappa shape index (κ1) is 30.2. The fourth-order valence-corrected chi connectivity index (χ4v) is 4.91. The van der Waals surface area contributed by atoms with Crippen molar-refractivity contribution in [1.29, 1.82) is 0 Å². The number of benzene rings is 1. The molecule has 9 nitrogen and oxygen atoms in total. The summed E-state index contributed by atoms with van der Waals surface area (Å²) in [5, 5.41) is 0.507. The topological polar surface area (TPSA) is 110 Å². The van der Waals surface area contributed by atoms with E-state index in [1.54, 1.807) is 6.92 Å². The van der Waals surface area contributed by atoms with Gasteiger partial charge in [0.05, 0.1) is 18.1 Å². The molecule has 0 bridgehead atoms. The number of ketones is 1. The number of esters is 2. The largest absolute Gasteiger partial charge is 0.493 e. The standard InChI is InChI=1S/C29H36ClNO8/c1-17-10-11-24(22(30)14-17)39-27(21-8-6-7-9-21)19(3)38-29(34)18(2)15-23(33)26-28(37-16-36-20(4)32)25(35-5)12-13-31-26/h10-14,18-19,21,27H,6-9,15-16H2,1-5H3/t18-,19+,27+/m1/s1. The lowest BCUT2D eigenvalue weighted by Gasteiger charge is -2.30. The number of hydrogen-bond acceptors (Lipinski definition) is 9. The highest BCUT2D eigenvalue weighted by atomic mass is 35.5. The van der Waals surface area contributed by atoms with Gasteiger partial charge in [-0.05, 0) is 50.3 Å². The van der Waals surface area contributed by atoms with Crippen LogP contribution in [-0.2, 0) is 19.1 Å². The fourth-order valence-electron chi connectivity index (χ4n) is 4.63. The number of aryl methyl sites for hydroxylation is 1. The number of ether oxygens (including phenoxy) is 5. The zero-order chi connectivity index (χ0) is 28.5. The minimum absolute atomic E-state index is 0.0321. The highest BCUT2D eigenvalue weighted by Crippen LogP contribution is 2.35. The third-order valence-corrected chi connectivity index (χ3v) is 6.99. The van der Waals surface area contributed by atoms with Gasteiger partial charge < -0.3 is 23.7 Å². The predicted octanol–water partition coefficient (Wildman–Crippen LogP) is 5.73. The van der Waals surface area contributed by atoms with E-state index in [-0.39, 0.29) is 35.6 Å². The van der Waals surface area contributed by atoms with E-state index in [1.165, 1.54) is 26.3 Å². The summed E-state index contributed by atoms with van der Waals surface area (Å²) in [5.41, 5.74) is 0.989. The first-order valence-electron chi connectivity index (χ1n) is 13.1. The Hall–Kier alpha value is -3.33. The van der Waals surface area contributed by atoms with Crippen LogP contribution in [0.2, 0.25) is 5.02 Å². The van der Waals surface area contributed by atoms with Gasteiger partial charge in [-0.1, -0.05) is 37.4 Å². The van der Waals surface area contributed by atoms with E-state index in [1.807, 2.05) is 32.0 Å². The number of halogens is 1. The number of carbonyl (C=O) groups excluding carboxylic acids is 3. The van der Waals surface area contributed by atoms with Crippen LogP contribution in [0, 0.1) is 18.8 Å². The van der Waals surface area contributed by atoms with E-state index < -0.39 is 36.5 Å². The average molecular weight is 562 g/mol. The lowest BCUT2D eigenvalue weighted by Crippen LogP contribution is -2.40. The van der Waals surface area contributed by atoms with Crippen LogP contribution in [0.25, 0.3) is 0 Å². The third kappa shape index (κ3) is 8.33. The molecule has 3 rings (SSSR count). The molecule has 1 aliphatic rings. The molecule has 0 amide bonds. The summed E-state index contributed by atoms with van der Waals surface area (Å²) in [6.07, 6.45) is 4.42. The van der Waals surface area contributed by atoms with Crippen LogP contribution in [0.4, 0.5) is 0 Å². The van der Waals surface area contributed by atoms with Crippen LogP contribution in [-0.4, -0.2) is 48.8 Å². The molecule has 2 aromatic rings. The Labute approximate surface area is 234 Å². The Morgan fingerprint density at radius 3 is 2.46 bits per heavy atom. The van der Waals surface area contributed by atoms with Crippen LogP contribution >= 0.6 is 11.6 Å². The van der Waals surface area contributed by atoms with Crippen molar-refractivity contribution in [1.82, 2.24) is 4.98 Å². The number of nitrogens with zero attached hydrogens (tertiary/aromatic N) is 1. The first-order chi connectivity index (χ1) is 18.6. The van der Waals surface area contributed by atoms with Gasteiger partial charge in [-0.2, -0.15) is 0 Å². The van der Waals surface area contributed by atoms with Crippen molar-refractivity contribution in [3.63, 3.8) is 0 Å². The molecule has 39 heavy (non-hydrogen) atoms. The number of Topliss-reactive ketones (excluding diaryl/α,β-unsaturated/α-hetero) is 1. The van der Waals surface area contributed by atoms with Gasteiger partial charge in [0, 0.05) is 25.6 Å². The predicted molar refractivity (Wildman–Crippen MR) is 144 cm³/mol. The summed E-state index contributed by atoms with van der Waals surface area (Å²) in [6, 6.07) is 7.11. The number of rotatable bonds is 13. The Balaban J connectivity index is 1.68. The van der Waals surface area contributed by atoms with Crippen molar-refractivity contribution < 1.29 is 38.1 Å². The molecule has 0 unspecified atom stereocenters. The van der Waals surface area contributed by atoms with Crippen LogP contribution in [0.3, 0.4) is 0 Å². The highest BCUT2D eigenvalue weighted by Gasteiger charge is 2.35. The number of methoxy groups -OCH3 is 1. The summed E-state index contributed by atoms with van der Waals surface area (Å²) in [4.78, 5) is 41.4. The van der Waals surface area contributed by atoms with Gasteiger partial charge in [-0.15, -0.1) is 0 Å². The van der Waals surface area contributed by atoms with E-state index in [4.69, 9.17) is 35.3 Å². The molecule has 1 aromatic carbocycles. The normalized spacial score (nSPS) is 15.6. The van der Waals surface area contributed by atoms with Gasteiger partial charge in [-0.25, -0.2) is 4.98 Å². The van der Waals surface area contributed by atoms with Crippen molar-refractivity contribution in [3.05, 3.63) is 46.7 Å². The number of hydrogen-bond donors (Lipinski definition) is 0. The molecular formula is C29H36ClNO8. The van der Waals surface area contributed by atoms with Gasteiger partial charge in [-0.3, -0.25) is 14.4 Å². The van der Waals surface area contributed by atoms with Crippen LogP contribution < -0.4 is 14.2 Å². The van der Waals surface area contributed by atoms with Crippen LogP contribution in [0.1, 0.15) is 68.9 Å². The molecular weight excluding hydrogens is 526 g/mol. The molecule has 1 aromatic heterocycles. The molecule has 0 spiro atoms. The van der Waals surface area contributed by atoms with Crippen LogP contribution in [0.5, 0.6) is 17.2 Å². The quantitative estimate of drug-likeness (QED) is 0.172. The van der Waals surface area contributed by atoms with Crippen molar-refractivity contribution in [2.75, 3.05) is 13.9 Å². The molecule has 1 heterocycles. The van der Waals surface area contributed by atoms with Gasteiger partial charge in [0.1, 0.15) is 18.0 Å². The number of aromatic nitrogens is 1. The molecule has 0 saturated heterocycles. The van der Waals surface area contributed by atoms with Gasteiger partial charge in [0.2, 0.25) is 6.79 Å². The van der Waals surface area contributed by atoms with E-state index in [0.717, 1.165) is 31.2 Å². The summed E-state index contributed by atoms with van der Waals surface area (Å²) in [5.74, 6) is -1.22. The maximum atomic E-state index is 13.1. The number of pyridine rings is 1. The number of carbonyl (C=O) groups is 3. The van der Waals surface area contributed by atoms with E-state index in [2.05, 4.69) is 4.98 Å². The molecule has 3 atom stereocenters. The van der Waals surface area contributed by atoms with E-state index >= 15 is 0 Å². The first-order valence-corrected chi connectivity index (χ1v) is 13.4. The highest BCUT2D eigenvalue weighted by molar-refractivity contribution is 6.32. The SMILES string of the molecule is COc1ccnc(C(=O)C[C@@H](C)C(=O)O[C@@H](C)[C@H](Oc2ccc(C)cc2Cl)C2CCCC2)c1OCOC(C)=O. The zero-order valence-corrected chi connectivity index (χ0v) is 23.8. The summed E-state index contributed by atoms with van der Waals surface area (Å²) >= 11 is 6.42. The summed E-state index contributed by atoms with van der Waals surface area (Å²) in [6.45, 7) is 6.20. The lowest BCUT2D eigenvalue weighted by atomic mass is 9.96. The Morgan fingerprint density at radius 2 is 1.82 bits per heavy atom. The molecule has 0 N–H and O–H groups in total. The third-order valence-electron chi connectivity index (χ3n) is 6.69. The van der Waals surface area contributed by atoms with E-state index in [0.29, 0.717) is 10.8 Å². The minimum atomic E-state index is -0.763. The van der Waals surface area contributed by atoms with Crippen LogP contribution in [0.15, 0.2) is 30.5 Å². The molecule has 1 aliphatic carbocycles. The van der Waals surface area contributed by atoms with Gasteiger partial charge in [0.15, 0.2) is 23.0 Å². The summed E-state index contributed by atoms with van der Waals surface area (Å²) in [7, 11) is 1.41. The summed E-state index contributed by atoms with van der Waals surface area (Å²) < 4.78 is 27.7. The van der Waals surface area contributed by atoms with Crippen molar-refractivity contribution in [2.45, 2.75) is 72.0 Å². The van der Waals surface area contributed by atoms with E-state index in [9.17, 15) is 14.4 Å². The second kappa shape index (κ2) is 14.2. The fraction of sp³-hybridized carbons (Fsp3) is 0.517. The molecule has 1 fully saturated rings.